The van der Waals surface area contributed by atoms with Crippen molar-refractivity contribution in [1.29, 1.82) is 0 Å². The van der Waals surface area contributed by atoms with E-state index in [2.05, 4.69) is 17.6 Å². The van der Waals surface area contributed by atoms with Gasteiger partial charge in [0.1, 0.15) is 0 Å². The van der Waals surface area contributed by atoms with E-state index in [-0.39, 0.29) is 11.4 Å². The van der Waals surface area contributed by atoms with Gasteiger partial charge in [-0.1, -0.05) is 17.7 Å². The van der Waals surface area contributed by atoms with Gasteiger partial charge in [-0.2, -0.15) is 0 Å². The Bertz CT molecular complexity index is 453. The minimum atomic E-state index is -0.114. The van der Waals surface area contributed by atoms with Crippen molar-refractivity contribution in [2.75, 3.05) is 13.1 Å². The predicted octanol–water partition coefficient (Wildman–Crippen LogP) is 2.52. The number of piperidine rings is 1. The maximum atomic E-state index is 12.3. The summed E-state index contributed by atoms with van der Waals surface area (Å²) in [5.74, 6) is -0.0283. The number of nitrogens with one attached hydrogen (secondary N) is 2. The zero-order valence-corrected chi connectivity index (χ0v) is 11.6. The summed E-state index contributed by atoms with van der Waals surface area (Å²) in [5.41, 5.74) is 1.40. The average molecular weight is 267 g/mol. The molecule has 1 heterocycles. The van der Waals surface area contributed by atoms with Gasteiger partial charge in [0.25, 0.3) is 5.91 Å². The first-order chi connectivity index (χ1) is 8.52. The van der Waals surface area contributed by atoms with E-state index in [9.17, 15) is 4.79 Å². The van der Waals surface area contributed by atoms with Crippen molar-refractivity contribution in [1.82, 2.24) is 10.6 Å². The minimum Gasteiger partial charge on any atom is -0.347 e. The Morgan fingerprint density at radius 1 is 1.39 bits per heavy atom. The van der Waals surface area contributed by atoms with Crippen LogP contribution in [0.4, 0.5) is 0 Å². The van der Waals surface area contributed by atoms with Crippen LogP contribution in [0.15, 0.2) is 18.2 Å². The van der Waals surface area contributed by atoms with E-state index < -0.39 is 0 Å². The molecule has 1 aromatic carbocycles. The molecular weight excluding hydrogens is 248 g/mol. The molecule has 1 amide bonds. The van der Waals surface area contributed by atoms with Crippen molar-refractivity contribution in [3.05, 3.63) is 34.3 Å². The molecule has 0 atom stereocenters. The smallest absolute Gasteiger partial charge is 0.252 e. The summed E-state index contributed by atoms with van der Waals surface area (Å²) < 4.78 is 0. The van der Waals surface area contributed by atoms with Crippen LogP contribution in [-0.4, -0.2) is 24.5 Å². The van der Waals surface area contributed by atoms with Gasteiger partial charge in [-0.15, -0.1) is 0 Å². The Labute approximate surface area is 113 Å². The Morgan fingerprint density at radius 2 is 2.06 bits per heavy atom. The van der Waals surface area contributed by atoms with Crippen molar-refractivity contribution >= 4 is 17.5 Å². The van der Waals surface area contributed by atoms with Gasteiger partial charge in [0.05, 0.1) is 0 Å². The van der Waals surface area contributed by atoms with Crippen LogP contribution in [0.25, 0.3) is 0 Å². The Kier molecular flexibility index (Phi) is 3.93. The molecule has 4 heteroatoms. The number of benzene rings is 1. The summed E-state index contributed by atoms with van der Waals surface area (Å²) in [5, 5.41) is 7.08. The number of halogens is 1. The van der Waals surface area contributed by atoms with Gasteiger partial charge in [-0.05, 0) is 57.5 Å². The first kappa shape index (κ1) is 13.4. The van der Waals surface area contributed by atoms with Crippen LogP contribution in [0.1, 0.15) is 35.7 Å². The van der Waals surface area contributed by atoms with Crippen LogP contribution in [0, 0.1) is 6.92 Å². The lowest BCUT2D eigenvalue weighted by molar-refractivity contribution is 0.0887. The molecule has 1 aliphatic heterocycles. The summed E-state index contributed by atoms with van der Waals surface area (Å²) in [6.07, 6.45) is 1.91. The van der Waals surface area contributed by atoms with Crippen LogP contribution in [0.5, 0.6) is 0 Å². The Hall–Kier alpha value is -1.06. The van der Waals surface area contributed by atoms with E-state index >= 15 is 0 Å². The van der Waals surface area contributed by atoms with E-state index in [1.165, 1.54) is 0 Å². The van der Waals surface area contributed by atoms with Crippen molar-refractivity contribution in [3.8, 4) is 0 Å². The van der Waals surface area contributed by atoms with E-state index in [0.29, 0.717) is 10.6 Å². The summed E-state index contributed by atoms with van der Waals surface area (Å²) in [6.45, 7) is 5.88. The van der Waals surface area contributed by atoms with Gasteiger partial charge >= 0.3 is 0 Å². The van der Waals surface area contributed by atoms with E-state index in [1.54, 1.807) is 6.07 Å². The molecule has 1 aliphatic rings. The van der Waals surface area contributed by atoms with Crippen LogP contribution < -0.4 is 10.6 Å². The molecule has 0 saturated carbocycles. The van der Waals surface area contributed by atoms with Crippen LogP contribution in [0.2, 0.25) is 5.02 Å². The molecule has 0 aromatic heterocycles. The second kappa shape index (κ2) is 5.29. The minimum absolute atomic E-state index is 0.0283. The molecule has 1 fully saturated rings. The topological polar surface area (TPSA) is 41.1 Å². The monoisotopic (exact) mass is 266 g/mol. The van der Waals surface area contributed by atoms with Crippen LogP contribution in [-0.2, 0) is 0 Å². The molecule has 3 nitrogen and oxygen atoms in total. The Morgan fingerprint density at radius 3 is 2.72 bits per heavy atom. The lowest BCUT2D eigenvalue weighted by Crippen LogP contribution is -2.52. The molecule has 0 unspecified atom stereocenters. The lowest BCUT2D eigenvalue weighted by atomic mass is 9.90. The third-order valence-electron chi connectivity index (χ3n) is 3.63. The predicted molar refractivity (Wildman–Crippen MR) is 74.2 cm³/mol. The van der Waals surface area contributed by atoms with Gasteiger partial charge in [0.15, 0.2) is 0 Å². The number of hydrogen-bond donors (Lipinski definition) is 2. The highest BCUT2D eigenvalue weighted by atomic mass is 35.5. The van der Waals surface area contributed by atoms with Crippen LogP contribution >= 0.6 is 11.6 Å². The number of hydrogen-bond acceptors (Lipinski definition) is 2. The molecule has 1 saturated heterocycles. The van der Waals surface area contributed by atoms with Gasteiger partial charge < -0.3 is 10.6 Å². The first-order valence-electron chi connectivity index (χ1n) is 6.30. The highest BCUT2D eigenvalue weighted by Gasteiger charge is 2.29. The van der Waals surface area contributed by atoms with Gasteiger partial charge in [-0.3, -0.25) is 4.79 Å². The summed E-state index contributed by atoms with van der Waals surface area (Å²) in [4.78, 5) is 12.3. The fraction of sp³-hybridized carbons (Fsp3) is 0.500. The molecule has 0 bridgehead atoms. The molecule has 2 rings (SSSR count). The van der Waals surface area contributed by atoms with Gasteiger partial charge in [0.2, 0.25) is 0 Å². The zero-order chi connectivity index (χ0) is 13.2. The number of rotatable bonds is 2. The van der Waals surface area contributed by atoms with Crippen molar-refractivity contribution < 1.29 is 4.79 Å². The third-order valence-corrected chi connectivity index (χ3v) is 4.04. The maximum absolute atomic E-state index is 12.3. The highest BCUT2D eigenvalue weighted by Crippen LogP contribution is 2.21. The zero-order valence-electron chi connectivity index (χ0n) is 10.8. The fourth-order valence-electron chi connectivity index (χ4n) is 2.30. The third kappa shape index (κ3) is 2.85. The number of carbonyl (C=O) groups excluding carboxylic acids is 1. The Balaban J connectivity index is 2.14. The molecule has 0 spiro atoms. The molecule has 2 N–H and O–H groups in total. The average Bonchev–Trinajstić information content (AvgIpc) is 2.33. The number of carbonyl (C=O) groups is 1. The van der Waals surface area contributed by atoms with Gasteiger partial charge in [0, 0.05) is 16.1 Å². The lowest BCUT2D eigenvalue weighted by Gasteiger charge is -2.35. The van der Waals surface area contributed by atoms with Gasteiger partial charge in [-0.25, -0.2) is 0 Å². The van der Waals surface area contributed by atoms with Crippen molar-refractivity contribution in [2.24, 2.45) is 0 Å². The summed E-state index contributed by atoms with van der Waals surface area (Å²) >= 11 is 6.05. The SMILES string of the molecule is Cc1c(Cl)cccc1C(=O)NC1(C)CCNCC1. The maximum Gasteiger partial charge on any atom is 0.252 e. The number of amides is 1. The normalized spacial score (nSPS) is 18.4. The molecule has 1 aromatic rings. The molecule has 98 valence electrons. The summed E-state index contributed by atoms with van der Waals surface area (Å²) in [6, 6.07) is 5.44. The molecule has 0 aliphatic carbocycles. The second-order valence-electron chi connectivity index (χ2n) is 5.18. The molecule has 0 radical (unpaired) electrons. The van der Waals surface area contributed by atoms with E-state index in [1.807, 2.05) is 19.1 Å². The summed E-state index contributed by atoms with van der Waals surface area (Å²) in [7, 11) is 0. The standard InChI is InChI=1S/C14H19ClN2O/c1-10-11(4-3-5-12(10)15)13(18)17-14(2)6-8-16-9-7-14/h3-5,16H,6-9H2,1-2H3,(H,17,18). The van der Waals surface area contributed by atoms with Crippen LogP contribution in [0.3, 0.4) is 0 Å². The van der Waals surface area contributed by atoms with E-state index in [4.69, 9.17) is 11.6 Å². The van der Waals surface area contributed by atoms with Crippen molar-refractivity contribution in [2.45, 2.75) is 32.2 Å². The quantitative estimate of drug-likeness (QED) is 0.864. The van der Waals surface area contributed by atoms with Crippen molar-refractivity contribution in [3.63, 3.8) is 0 Å². The van der Waals surface area contributed by atoms with E-state index in [0.717, 1.165) is 31.5 Å². The first-order valence-corrected chi connectivity index (χ1v) is 6.68. The highest BCUT2D eigenvalue weighted by molar-refractivity contribution is 6.31. The molecule has 18 heavy (non-hydrogen) atoms. The fourth-order valence-corrected chi connectivity index (χ4v) is 2.47. The second-order valence-corrected chi connectivity index (χ2v) is 5.58. The molecular formula is C14H19ClN2O. The largest absolute Gasteiger partial charge is 0.347 e.